The van der Waals surface area contributed by atoms with E-state index in [1.165, 1.54) is 25.2 Å². The van der Waals surface area contributed by atoms with Crippen LogP contribution in [0, 0.1) is 5.82 Å². The summed E-state index contributed by atoms with van der Waals surface area (Å²) in [5, 5.41) is 2.75. The average Bonchev–Trinajstić information content (AvgIpc) is 2.82. The molecule has 3 rings (SSSR count). The Hall–Kier alpha value is -2.61. The Morgan fingerprint density at radius 1 is 1.15 bits per heavy atom. The molecule has 0 radical (unpaired) electrons. The molecule has 1 aliphatic heterocycles. The summed E-state index contributed by atoms with van der Waals surface area (Å²) in [4.78, 5) is 12.2. The summed E-state index contributed by atoms with van der Waals surface area (Å²) in [5.74, 6) is -0.608. The molecule has 0 unspecified atom stereocenters. The Labute approximate surface area is 158 Å². The summed E-state index contributed by atoms with van der Waals surface area (Å²) in [6, 6.07) is 13.6. The number of hydrogen-bond acceptors (Lipinski definition) is 3. The summed E-state index contributed by atoms with van der Waals surface area (Å²) >= 11 is 0. The maximum atomic E-state index is 13.6. The lowest BCUT2D eigenvalue weighted by molar-refractivity contribution is -0.121. The second-order valence-corrected chi connectivity index (χ2v) is 8.43. The van der Waals surface area contributed by atoms with Crippen molar-refractivity contribution in [3.05, 3.63) is 59.9 Å². The number of halogens is 1. The molecule has 1 N–H and O–H groups in total. The van der Waals surface area contributed by atoms with Crippen molar-refractivity contribution in [1.29, 1.82) is 0 Å². The highest BCUT2D eigenvalue weighted by atomic mass is 32.2. The molecular formula is C19H22FN3O3S. The monoisotopic (exact) mass is 391 g/mol. The first kappa shape index (κ1) is 19.2. The molecule has 0 aromatic heterocycles. The van der Waals surface area contributed by atoms with Gasteiger partial charge in [-0.15, -0.1) is 0 Å². The first-order valence-electron chi connectivity index (χ1n) is 8.68. The van der Waals surface area contributed by atoms with Crippen LogP contribution in [0.2, 0.25) is 0 Å². The van der Waals surface area contributed by atoms with Gasteiger partial charge in [-0.3, -0.25) is 9.10 Å². The van der Waals surface area contributed by atoms with Gasteiger partial charge in [0.2, 0.25) is 5.91 Å². The number of fused-ring (bicyclic) bond motifs is 1. The number of carbonyl (C=O) groups excluding carboxylic acids is 1. The minimum atomic E-state index is -3.76. The second-order valence-electron chi connectivity index (χ2n) is 6.55. The zero-order valence-electron chi connectivity index (χ0n) is 15.2. The highest BCUT2D eigenvalue weighted by Crippen LogP contribution is 2.39. The van der Waals surface area contributed by atoms with Crippen LogP contribution >= 0.6 is 0 Å². The van der Waals surface area contributed by atoms with Crippen LogP contribution in [-0.4, -0.2) is 34.5 Å². The molecule has 6 nitrogen and oxygen atoms in total. The lowest BCUT2D eigenvalue weighted by atomic mass is 9.98. The van der Waals surface area contributed by atoms with Gasteiger partial charge in [0.25, 0.3) is 0 Å². The number of nitrogens with one attached hydrogen (secondary N) is 1. The molecule has 8 heteroatoms. The second kappa shape index (κ2) is 7.56. The van der Waals surface area contributed by atoms with E-state index in [2.05, 4.69) is 5.32 Å². The van der Waals surface area contributed by atoms with Crippen LogP contribution in [0.1, 0.15) is 24.8 Å². The van der Waals surface area contributed by atoms with E-state index in [0.29, 0.717) is 12.1 Å². The molecule has 2 aromatic rings. The van der Waals surface area contributed by atoms with Gasteiger partial charge in [0.05, 0.1) is 17.9 Å². The van der Waals surface area contributed by atoms with Crippen molar-refractivity contribution in [2.45, 2.75) is 19.3 Å². The Bertz CT molecular complexity index is 934. The number of anilines is 2. The molecule has 0 aliphatic carbocycles. The number of carbonyl (C=O) groups is 1. The smallest absolute Gasteiger partial charge is 0.326 e. The van der Waals surface area contributed by atoms with Crippen LogP contribution in [-0.2, 0) is 15.0 Å². The van der Waals surface area contributed by atoms with E-state index in [1.54, 1.807) is 0 Å². The quantitative estimate of drug-likeness (QED) is 0.823. The molecule has 27 heavy (non-hydrogen) atoms. The van der Waals surface area contributed by atoms with Crippen molar-refractivity contribution in [1.82, 2.24) is 5.32 Å². The molecule has 0 saturated heterocycles. The van der Waals surface area contributed by atoms with Crippen LogP contribution in [0.3, 0.4) is 0 Å². The van der Waals surface area contributed by atoms with Gasteiger partial charge in [-0.2, -0.15) is 8.42 Å². The Morgan fingerprint density at radius 3 is 2.56 bits per heavy atom. The first-order valence-corrected chi connectivity index (χ1v) is 10.1. The summed E-state index contributed by atoms with van der Waals surface area (Å²) in [7, 11) is -2.33. The molecule has 2 aromatic carbocycles. The lowest BCUT2D eigenvalue weighted by Gasteiger charge is -2.19. The number of hydrogen-bond donors (Lipinski definition) is 1. The van der Waals surface area contributed by atoms with E-state index in [0.717, 1.165) is 14.2 Å². The number of benzene rings is 2. The number of nitrogens with zero attached hydrogens (tertiary/aromatic N) is 2. The zero-order chi connectivity index (χ0) is 19.6. The van der Waals surface area contributed by atoms with Crippen molar-refractivity contribution in [3.8, 4) is 0 Å². The van der Waals surface area contributed by atoms with Crippen LogP contribution < -0.4 is 13.9 Å². The Kier molecular flexibility index (Phi) is 5.36. The molecular weight excluding hydrogens is 369 g/mol. The third kappa shape index (κ3) is 3.90. The van der Waals surface area contributed by atoms with Crippen LogP contribution in [0.5, 0.6) is 0 Å². The molecule has 0 bridgehead atoms. The first-order chi connectivity index (χ1) is 12.8. The minimum Gasteiger partial charge on any atom is -0.354 e. The third-order valence-electron chi connectivity index (χ3n) is 4.67. The van der Waals surface area contributed by atoms with Crippen molar-refractivity contribution >= 4 is 27.5 Å². The van der Waals surface area contributed by atoms with Gasteiger partial charge >= 0.3 is 10.2 Å². The predicted octanol–water partition coefficient (Wildman–Crippen LogP) is 2.64. The summed E-state index contributed by atoms with van der Waals surface area (Å²) in [5.41, 5.74) is 1.77. The molecule has 0 saturated carbocycles. The van der Waals surface area contributed by atoms with E-state index in [4.69, 9.17) is 0 Å². The molecule has 144 valence electrons. The predicted molar refractivity (Wildman–Crippen MR) is 104 cm³/mol. The van der Waals surface area contributed by atoms with Gasteiger partial charge in [0.15, 0.2) is 0 Å². The highest BCUT2D eigenvalue weighted by molar-refractivity contribution is 7.94. The molecule has 1 amide bonds. The maximum absolute atomic E-state index is 13.6. The standard InChI is InChI=1S/C19H22FN3O3S/c1-14(15-6-4-3-5-7-15)12-19(24)21-10-11-23-18-13-16(20)8-9-17(18)22(2)27(23,25)26/h3-9,13-14H,10-12H2,1-2H3,(H,21,24)/t14-/m0/s1. The molecule has 1 aliphatic rings. The number of rotatable bonds is 6. The van der Waals surface area contributed by atoms with Crippen molar-refractivity contribution in [2.75, 3.05) is 28.7 Å². The third-order valence-corrected chi connectivity index (χ3v) is 6.49. The van der Waals surface area contributed by atoms with Gasteiger partial charge < -0.3 is 5.32 Å². The average molecular weight is 391 g/mol. The van der Waals surface area contributed by atoms with Gasteiger partial charge in [-0.05, 0) is 23.6 Å². The van der Waals surface area contributed by atoms with Crippen LogP contribution in [0.25, 0.3) is 0 Å². The van der Waals surface area contributed by atoms with E-state index in [-0.39, 0.29) is 30.6 Å². The topological polar surface area (TPSA) is 69.7 Å². The fraction of sp³-hybridized carbons (Fsp3) is 0.316. The van der Waals surface area contributed by atoms with Gasteiger partial charge in [0, 0.05) is 26.1 Å². The Morgan fingerprint density at radius 2 is 1.85 bits per heavy atom. The molecule has 0 spiro atoms. The van der Waals surface area contributed by atoms with Crippen molar-refractivity contribution in [3.63, 3.8) is 0 Å². The van der Waals surface area contributed by atoms with Crippen LogP contribution in [0.15, 0.2) is 48.5 Å². The molecule has 1 atom stereocenters. The van der Waals surface area contributed by atoms with E-state index in [1.807, 2.05) is 37.3 Å². The SMILES string of the molecule is C[C@@H](CC(=O)NCCN1c2cc(F)ccc2N(C)S1(=O)=O)c1ccccc1. The number of amides is 1. The molecule has 1 heterocycles. The summed E-state index contributed by atoms with van der Waals surface area (Å²) in [6.07, 6.45) is 0.307. The van der Waals surface area contributed by atoms with E-state index in [9.17, 15) is 17.6 Å². The van der Waals surface area contributed by atoms with Crippen molar-refractivity contribution < 1.29 is 17.6 Å². The molecule has 0 fully saturated rings. The maximum Gasteiger partial charge on any atom is 0.326 e. The zero-order valence-corrected chi connectivity index (χ0v) is 16.0. The minimum absolute atomic E-state index is 0.0363. The lowest BCUT2D eigenvalue weighted by Crippen LogP contribution is -2.40. The van der Waals surface area contributed by atoms with Gasteiger partial charge in [-0.25, -0.2) is 8.70 Å². The highest BCUT2D eigenvalue weighted by Gasteiger charge is 2.37. The fourth-order valence-electron chi connectivity index (χ4n) is 3.14. The fourth-order valence-corrected chi connectivity index (χ4v) is 4.56. The van der Waals surface area contributed by atoms with Gasteiger partial charge in [0.1, 0.15) is 5.82 Å². The van der Waals surface area contributed by atoms with Crippen molar-refractivity contribution in [2.24, 2.45) is 0 Å². The normalized spacial score (nSPS) is 16.1. The van der Waals surface area contributed by atoms with E-state index >= 15 is 0 Å². The summed E-state index contributed by atoms with van der Waals surface area (Å²) < 4.78 is 40.8. The van der Waals surface area contributed by atoms with Gasteiger partial charge in [-0.1, -0.05) is 37.3 Å². The summed E-state index contributed by atoms with van der Waals surface area (Å²) in [6.45, 7) is 2.14. The van der Waals surface area contributed by atoms with Crippen LogP contribution in [0.4, 0.5) is 15.8 Å². The Balaban J connectivity index is 1.60. The largest absolute Gasteiger partial charge is 0.354 e. The van der Waals surface area contributed by atoms with E-state index < -0.39 is 16.0 Å².